The van der Waals surface area contributed by atoms with Crippen molar-refractivity contribution >= 4 is 31.8 Å². The van der Waals surface area contributed by atoms with E-state index in [1.54, 1.807) is 0 Å². The third kappa shape index (κ3) is 4.53. The van der Waals surface area contributed by atoms with Crippen molar-refractivity contribution in [2.75, 3.05) is 21.3 Å². The molecule has 1 heterocycles. The molecule has 2 atom stereocenters. The first-order valence-electron chi connectivity index (χ1n) is 5.83. The zero-order chi connectivity index (χ0) is 17.9. The maximum absolute atomic E-state index is 14.3. The van der Waals surface area contributed by atoms with Gasteiger partial charge in [0.05, 0.1) is 0 Å². The van der Waals surface area contributed by atoms with Crippen molar-refractivity contribution in [3.05, 3.63) is 0 Å². The predicted octanol–water partition coefficient (Wildman–Crippen LogP) is 0.290. The van der Waals surface area contributed by atoms with Gasteiger partial charge >= 0.3 is 127 Å². The van der Waals surface area contributed by atoms with Crippen LogP contribution in [0.3, 0.4) is 0 Å². The van der Waals surface area contributed by atoms with Crippen LogP contribution in [0.1, 0.15) is 6.42 Å². The summed E-state index contributed by atoms with van der Waals surface area (Å²) in [6.45, 7) is 0. The van der Waals surface area contributed by atoms with Crippen LogP contribution in [-0.2, 0) is 47.0 Å². The fraction of sp³-hybridized carbons (Fsp3) is 0.600. The minimum atomic E-state index is -7.16. The zero-order valence-electron chi connectivity index (χ0n) is 12.1. The topological polar surface area (TPSA) is 124 Å². The molecule has 0 aromatic carbocycles. The molecule has 1 fully saturated rings. The summed E-state index contributed by atoms with van der Waals surface area (Å²) in [6, 6.07) is 0. The van der Waals surface area contributed by atoms with Crippen molar-refractivity contribution in [3.8, 4) is 0 Å². The molecule has 0 saturated carbocycles. The van der Waals surface area contributed by atoms with Gasteiger partial charge in [-0.3, -0.25) is 0 Å². The first-order valence-corrected chi connectivity index (χ1v) is 7.60. The standard InChI is InChI=1S/C10H13F2O10P/c1-17-5(13)4-6(14)20-23(11,12)21-7(9(15)18-2)8(22-23)10(16)19-3/h7-8H,4H2,1-3H3. The van der Waals surface area contributed by atoms with E-state index < -0.39 is 50.4 Å². The summed E-state index contributed by atoms with van der Waals surface area (Å²) in [7, 11) is -4.53. The average Bonchev–Trinajstić information content (AvgIpc) is 2.77. The fourth-order valence-corrected chi connectivity index (χ4v) is 3.11. The van der Waals surface area contributed by atoms with E-state index in [0.717, 1.165) is 21.3 Å². The first-order chi connectivity index (χ1) is 10.5. The number of hydrogen-bond acceptors (Lipinski definition) is 10. The Morgan fingerprint density at radius 3 is 1.65 bits per heavy atom. The molecule has 23 heavy (non-hydrogen) atoms. The third-order valence-electron chi connectivity index (χ3n) is 2.46. The SMILES string of the molecule is COC(=O)CC(=O)OP1(F)(F)OC(C(=O)OC)C(C(=O)OC)O1. The number of methoxy groups -OCH3 is 3. The van der Waals surface area contributed by atoms with Gasteiger partial charge in [-0.15, -0.1) is 0 Å². The molecule has 0 bridgehead atoms. The second kappa shape index (κ2) is 6.69. The molecule has 132 valence electrons. The van der Waals surface area contributed by atoms with Crippen molar-refractivity contribution in [1.29, 1.82) is 0 Å². The molecule has 1 aliphatic heterocycles. The summed E-state index contributed by atoms with van der Waals surface area (Å²) < 4.78 is 53.2. The van der Waals surface area contributed by atoms with Crippen LogP contribution in [-0.4, -0.2) is 57.4 Å². The monoisotopic (exact) mass is 362 g/mol. The normalized spacial score (nSPS) is 26.2. The fourth-order valence-electron chi connectivity index (χ4n) is 1.48. The molecule has 0 amide bonds. The van der Waals surface area contributed by atoms with Crippen LogP contribution in [0.25, 0.3) is 0 Å². The summed E-state index contributed by atoms with van der Waals surface area (Å²) in [6.07, 6.45) is -5.56. The number of hydrogen-bond donors (Lipinski definition) is 0. The minimum absolute atomic E-state index is 0.854. The van der Waals surface area contributed by atoms with Gasteiger partial charge in [0.15, 0.2) is 0 Å². The van der Waals surface area contributed by atoms with Crippen LogP contribution in [0.2, 0.25) is 0 Å². The Hall–Kier alpha value is -1.91. The van der Waals surface area contributed by atoms with Crippen LogP contribution in [0.15, 0.2) is 0 Å². The number of rotatable bonds is 5. The Labute approximate surface area is 128 Å². The van der Waals surface area contributed by atoms with Gasteiger partial charge in [-0.1, -0.05) is 0 Å². The summed E-state index contributed by atoms with van der Waals surface area (Å²) in [5.74, 6) is -5.62. The van der Waals surface area contributed by atoms with E-state index >= 15 is 0 Å². The Balaban J connectivity index is 3.00. The molecule has 1 saturated heterocycles. The van der Waals surface area contributed by atoms with E-state index in [9.17, 15) is 27.6 Å². The van der Waals surface area contributed by atoms with Gasteiger partial charge in [0.1, 0.15) is 0 Å². The van der Waals surface area contributed by atoms with Crippen molar-refractivity contribution in [2.24, 2.45) is 0 Å². The Bertz CT molecular complexity index is 508. The number of carbonyl (C=O) groups is 4. The number of esters is 3. The van der Waals surface area contributed by atoms with Gasteiger partial charge in [0, 0.05) is 0 Å². The molecule has 10 nitrogen and oxygen atoms in total. The van der Waals surface area contributed by atoms with E-state index in [1.807, 2.05) is 0 Å². The molecule has 0 aromatic heterocycles. The summed E-state index contributed by atoms with van der Waals surface area (Å²) in [4.78, 5) is 45.0. The van der Waals surface area contributed by atoms with E-state index in [-0.39, 0.29) is 0 Å². The quantitative estimate of drug-likeness (QED) is 0.292. The molecular formula is C10H13F2O10P. The van der Waals surface area contributed by atoms with Crippen molar-refractivity contribution < 1.29 is 55.4 Å². The van der Waals surface area contributed by atoms with Crippen molar-refractivity contribution in [1.82, 2.24) is 0 Å². The summed E-state index contributed by atoms with van der Waals surface area (Å²) in [5, 5.41) is 0. The van der Waals surface area contributed by atoms with E-state index in [1.165, 1.54) is 0 Å². The van der Waals surface area contributed by atoms with E-state index in [0.29, 0.717) is 0 Å². The number of ether oxygens (including phenoxy) is 3. The van der Waals surface area contributed by atoms with Gasteiger partial charge in [-0.25, -0.2) is 0 Å². The third-order valence-corrected chi connectivity index (χ3v) is 4.07. The Kier molecular flexibility index (Phi) is 5.56. The van der Waals surface area contributed by atoms with E-state index in [2.05, 4.69) is 27.8 Å². The summed E-state index contributed by atoms with van der Waals surface area (Å²) >= 11 is 0. The van der Waals surface area contributed by atoms with E-state index in [4.69, 9.17) is 0 Å². The molecule has 0 aliphatic carbocycles. The molecule has 0 N–H and O–H groups in total. The number of halogens is 2. The molecule has 0 aromatic rings. The number of carbonyl (C=O) groups excluding carboxylic acids is 4. The Morgan fingerprint density at radius 1 is 0.870 bits per heavy atom. The average molecular weight is 362 g/mol. The van der Waals surface area contributed by atoms with Gasteiger partial charge in [-0.2, -0.15) is 0 Å². The van der Waals surface area contributed by atoms with Crippen LogP contribution in [0.4, 0.5) is 8.39 Å². The maximum atomic E-state index is 14.3. The molecule has 0 radical (unpaired) electrons. The molecule has 1 rings (SSSR count). The van der Waals surface area contributed by atoms with Crippen LogP contribution >= 0.6 is 7.91 Å². The van der Waals surface area contributed by atoms with Crippen LogP contribution < -0.4 is 0 Å². The predicted molar refractivity (Wildman–Crippen MR) is 65.6 cm³/mol. The second-order valence-corrected chi connectivity index (χ2v) is 6.02. The molecule has 2 unspecified atom stereocenters. The summed E-state index contributed by atoms with van der Waals surface area (Å²) in [5.41, 5.74) is 0. The van der Waals surface area contributed by atoms with Gasteiger partial charge in [-0.05, 0) is 0 Å². The molecule has 0 spiro atoms. The van der Waals surface area contributed by atoms with Crippen LogP contribution in [0.5, 0.6) is 0 Å². The molecular weight excluding hydrogens is 349 g/mol. The zero-order valence-corrected chi connectivity index (χ0v) is 13.0. The van der Waals surface area contributed by atoms with Crippen molar-refractivity contribution in [3.63, 3.8) is 0 Å². The van der Waals surface area contributed by atoms with Crippen LogP contribution in [0, 0.1) is 0 Å². The molecule has 13 heteroatoms. The van der Waals surface area contributed by atoms with Gasteiger partial charge in [0.25, 0.3) is 0 Å². The first kappa shape index (κ1) is 19.1. The van der Waals surface area contributed by atoms with Gasteiger partial charge < -0.3 is 0 Å². The Morgan fingerprint density at radius 2 is 1.30 bits per heavy atom. The van der Waals surface area contributed by atoms with Gasteiger partial charge in [0.2, 0.25) is 0 Å². The van der Waals surface area contributed by atoms with Crippen molar-refractivity contribution in [2.45, 2.75) is 18.6 Å². The molecule has 1 aliphatic rings. The second-order valence-electron chi connectivity index (χ2n) is 4.02.